The Bertz CT molecular complexity index is 531. The molecule has 2 fully saturated rings. The van der Waals surface area contributed by atoms with Gasteiger partial charge >= 0.3 is 5.97 Å². The standard InChI is InChI=1S/C15H19NO3S/c1-9-2-3-13(20-9)11-8-12(11)14(17)16-6-4-10(5-7-16)15(18)19/h2-3,10-12H,4-8H2,1H3,(H,18,19)/t11-,12-/m0/s1. The summed E-state index contributed by atoms with van der Waals surface area (Å²) in [6, 6.07) is 4.24. The summed E-state index contributed by atoms with van der Waals surface area (Å²) in [6.45, 7) is 3.29. The van der Waals surface area contributed by atoms with Crippen LogP contribution in [-0.2, 0) is 9.59 Å². The van der Waals surface area contributed by atoms with Crippen molar-refractivity contribution in [2.24, 2.45) is 11.8 Å². The molecule has 1 amide bonds. The highest BCUT2D eigenvalue weighted by Crippen LogP contribution is 2.50. The molecule has 0 radical (unpaired) electrons. The van der Waals surface area contributed by atoms with Crippen LogP contribution >= 0.6 is 11.3 Å². The van der Waals surface area contributed by atoms with E-state index in [0.717, 1.165) is 6.42 Å². The van der Waals surface area contributed by atoms with Crippen molar-refractivity contribution in [1.82, 2.24) is 4.90 Å². The van der Waals surface area contributed by atoms with Crippen LogP contribution in [0, 0.1) is 18.8 Å². The second kappa shape index (κ2) is 5.20. The van der Waals surface area contributed by atoms with Gasteiger partial charge in [0.05, 0.1) is 5.92 Å². The number of carboxylic acid groups (broad SMARTS) is 1. The molecule has 1 saturated heterocycles. The zero-order valence-corrected chi connectivity index (χ0v) is 12.4. The summed E-state index contributed by atoms with van der Waals surface area (Å²) in [5, 5.41) is 8.98. The van der Waals surface area contributed by atoms with Crippen molar-refractivity contribution in [1.29, 1.82) is 0 Å². The molecule has 1 aliphatic heterocycles. The smallest absolute Gasteiger partial charge is 0.306 e. The van der Waals surface area contributed by atoms with Crippen LogP contribution in [0.1, 0.15) is 34.9 Å². The van der Waals surface area contributed by atoms with Crippen molar-refractivity contribution in [3.05, 3.63) is 21.9 Å². The molecule has 0 unspecified atom stereocenters. The highest BCUT2D eigenvalue weighted by molar-refractivity contribution is 7.12. The molecule has 4 nitrogen and oxygen atoms in total. The molecule has 20 heavy (non-hydrogen) atoms. The number of amides is 1. The van der Waals surface area contributed by atoms with E-state index in [0.29, 0.717) is 31.8 Å². The largest absolute Gasteiger partial charge is 0.481 e. The molecule has 1 aliphatic carbocycles. The van der Waals surface area contributed by atoms with Gasteiger partial charge in [-0.2, -0.15) is 0 Å². The van der Waals surface area contributed by atoms with Crippen molar-refractivity contribution in [2.75, 3.05) is 13.1 Å². The number of thiophene rings is 1. The molecule has 1 saturated carbocycles. The predicted molar refractivity (Wildman–Crippen MR) is 76.8 cm³/mol. The summed E-state index contributed by atoms with van der Waals surface area (Å²) in [6.07, 6.45) is 2.14. The summed E-state index contributed by atoms with van der Waals surface area (Å²) < 4.78 is 0. The first-order chi connectivity index (χ1) is 9.56. The fraction of sp³-hybridized carbons (Fsp3) is 0.600. The molecule has 1 aromatic heterocycles. The van der Waals surface area contributed by atoms with Gasteiger partial charge in [0.2, 0.25) is 5.91 Å². The molecule has 2 atom stereocenters. The molecule has 108 valence electrons. The van der Waals surface area contributed by atoms with Crippen LogP contribution in [0.4, 0.5) is 0 Å². The molecular weight excluding hydrogens is 274 g/mol. The quantitative estimate of drug-likeness (QED) is 0.931. The Hall–Kier alpha value is -1.36. The number of carbonyl (C=O) groups excluding carboxylic acids is 1. The van der Waals surface area contributed by atoms with Gasteiger partial charge in [-0.15, -0.1) is 11.3 Å². The monoisotopic (exact) mass is 293 g/mol. The summed E-state index contributed by atoms with van der Waals surface area (Å²) >= 11 is 1.78. The Morgan fingerprint density at radius 1 is 1.30 bits per heavy atom. The number of aryl methyl sites for hydroxylation is 1. The lowest BCUT2D eigenvalue weighted by atomic mass is 9.97. The normalized spacial score (nSPS) is 26.6. The van der Waals surface area contributed by atoms with Crippen LogP contribution in [0.3, 0.4) is 0 Å². The Morgan fingerprint density at radius 3 is 2.55 bits per heavy atom. The van der Waals surface area contributed by atoms with E-state index in [4.69, 9.17) is 5.11 Å². The summed E-state index contributed by atoms with van der Waals surface area (Å²) in [7, 11) is 0. The van der Waals surface area contributed by atoms with Gasteiger partial charge in [0.15, 0.2) is 0 Å². The number of nitrogens with zero attached hydrogens (tertiary/aromatic N) is 1. The molecule has 0 bridgehead atoms. The van der Waals surface area contributed by atoms with E-state index in [1.807, 2.05) is 4.90 Å². The van der Waals surface area contributed by atoms with Gasteiger partial charge in [0.1, 0.15) is 0 Å². The van der Waals surface area contributed by atoms with E-state index in [1.165, 1.54) is 9.75 Å². The first-order valence-electron chi connectivity index (χ1n) is 7.14. The van der Waals surface area contributed by atoms with Crippen molar-refractivity contribution in [3.8, 4) is 0 Å². The average Bonchev–Trinajstić information content (AvgIpc) is 3.13. The van der Waals surface area contributed by atoms with Crippen LogP contribution < -0.4 is 0 Å². The molecule has 3 rings (SSSR count). The zero-order valence-electron chi connectivity index (χ0n) is 11.5. The van der Waals surface area contributed by atoms with E-state index in [2.05, 4.69) is 19.1 Å². The maximum Gasteiger partial charge on any atom is 0.306 e. The van der Waals surface area contributed by atoms with Gasteiger partial charge in [-0.3, -0.25) is 9.59 Å². The number of hydrogen-bond acceptors (Lipinski definition) is 3. The minimum atomic E-state index is -0.726. The minimum absolute atomic E-state index is 0.134. The van der Waals surface area contributed by atoms with Crippen LogP contribution in [0.25, 0.3) is 0 Å². The number of carboxylic acids is 1. The number of aliphatic carboxylic acids is 1. The molecule has 5 heteroatoms. The van der Waals surface area contributed by atoms with Crippen LogP contribution in [-0.4, -0.2) is 35.0 Å². The lowest BCUT2D eigenvalue weighted by Gasteiger charge is -2.30. The molecular formula is C15H19NO3S. The van der Waals surface area contributed by atoms with Crippen LogP contribution in [0.5, 0.6) is 0 Å². The fourth-order valence-electron chi connectivity index (χ4n) is 3.02. The van der Waals surface area contributed by atoms with Crippen molar-refractivity contribution >= 4 is 23.2 Å². The lowest BCUT2D eigenvalue weighted by Crippen LogP contribution is -2.41. The van der Waals surface area contributed by atoms with Gasteiger partial charge < -0.3 is 10.0 Å². The highest BCUT2D eigenvalue weighted by atomic mass is 32.1. The Morgan fingerprint density at radius 2 is 2.00 bits per heavy atom. The van der Waals surface area contributed by atoms with Gasteiger partial charge in [-0.25, -0.2) is 0 Å². The van der Waals surface area contributed by atoms with Crippen LogP contribution in [0.2, 0.25) is 0 Å². The molecule has 1 N–H and O–H groups in total. The summed E-state index contributed by atoms with van der Waals surface area (Å²) in [5.41, 5.74) is 0. The van der Waals surface area contributed by atoms with E-state index in [9.17, 15) is 9.59 Å². The van der Waals surface area contributed by atoms with Gasteiger partial charge in [0, 0.05) is 34.7 Å². The molecule has 2 heterocycles. The molecule has 1 aromatic rings. The Labute approximate surface area is 122 Å². The second-order valence-electron chi connectivity index (χ2n) is 5.83. The predicted octanol–water partition coefficient (Wildman–Crippen LogP) is 2.48. The van der Waals surface area contributed by atoms with Gasteiger partial charge in [-0.1, -0.05) is 0 Å². The van der Waals surface area contributed by atoms with Crippen LogP contribution in [0.15, 0.2) is 12.1 Å². The van der Waals surface area contributed by atoms with Crippen molar-refractivity contribution in [2.45, 2.75) is 32.1 Å². The maximum absolute atomic E-state index is 12.4. The molecule has 0 spiro atoms. The summed E-state index contributed by atoms with van der Waals surface area (Å²) in [5.74, 6) is -0.234. The number of carbonyl (C=O) groups is 2. The van der Waals surface area contributed by atoms with Crippen molar-refractivity contribution in [3.63, 3.8) is 0 Å². The average molecular weight is 293 g/mol. The maximum atomic E-state index is 12.4. The Balaban J connectivity index is 1.55. The van der Waals surface area contributed by atoms with Crippen molar-refractivity contribution < 1.29 is 14.7 Å². The summed E-state index contributed by atoms with van der Waals surface area (Å²) in [4.78, 5) is 27.8. The Kier molecular flexibility index (Phi) is 3.54. The van der Waals surface area contributed by atoms with E-state index in [1.54, 1.807) is 11.3 Å². The third-order valence-electron chi connectivity index (χ3n) is 4.39. The van der Waals surface area contributed by atoms with E-state index < -0.39 is 5.97 Å². The molecule has 2 aliphatic rings. The highest BCUT2D eigenvalue weighted by Gasteiger charge is 2.47. The van der Waals surface area contributed by atoms with E-state index in [-0.39, 0.29) is 17.7 Å². The SMILES string of the molecule is Cc1ccc([C@H]2C[C@@H]2C(=O)N2CCC(C(=O)O)CC2)s1. The zero-order chi connectivity index (χ0) is 14.3. The third-order valence-corrected chi connectivity index (χ3v) is 5.52. The number of rotatable bonds is 3. The number of likely N-dealkylation sites (tertiary alicyclic amines) is 1. The van der Waals surface area contributed by atoms with Gasteiger partial charge in [0.25, 0.3) is 0 Å². The number of hydrogen-bond donors (Lipinski definition) is 1. The fourth-order valence-corrected chi connectivity index (χ4v) is 4.07. The third kappa shape index (κ3) is 2.59. The minimum Gasteiger partial charge on any atom is -0.481 e. The lowest BCUT2D eigenvalue weighted by molar-refractivity contribution is -0.146. The molecule has 0 aromatic carbocycles. The van der Waals surface area contributed by atoms with Gasteiger partial charge in [-0.05, 0) is 38.3 Å². The first kappa shape index (κ1) is 13.6. The number of piperidine rings is 1. The second-order valence-corrected chi connectivity index (χ2v) is 7.15. The van der Waals surface area contributed by atoms with E-state index >= 15 is 0 Å². The first-order valence-corrected chi connectivity index (χ1v) is 7.96. The topological polar surface area (TPSA) is 57.6 Å².